The van der Waals surface area contributed by atoms with Crippen molar-refractivity contribution in [3.63, 3.8) is 0 Å². The molecule has 0 aromatic rings. The van der Waals surface area contributed by atoms with Gasteiger partial charge < -0.3 is 14.8 Å². The summed E-state index contributed by atoms with van der Waals surface area (Å²) in [7, 11) is 0. The fourth-order valence-electron chi connectivity index (χ4n) is 4.75. The van der Waals surface area contributed by atoms with Crippen molar-refractivity contribution < 1.29 is 14.8 Å². The van der Waals surface area contributed by atoms with Crippen molar-refractivity contribution in [2.75, 3.05) is 19.6 Å². The number of quaternary nitrogens is 1. The Kier molecular flexibility index (Phi) is 34.9. The molecule has 0 atom stereocenters. The average Bonchev–Trinajstić information content (AvgIpc) is 2.86. The van der Waals surface area contributed by atoms with E-state index in [1.165, 1.54) is 154 Å². The Hall–Kier alpha value is -0.570. The summed E-state index contributed by atoms with van der Waals surface area (Å²) in [5.41, 5.74) is 0. The molecule has 0 aliphatic carbocycles. The third-order valence-corrected chi connectivity index (χ3v) is 7.37. The van der Waals surface area contributed by atoms with Crippen LogP contribution in [0.5, 0.6) is 0 Å². The van der Waals surface area contributed by atoms with Crippen molar-refractivity contribution in [3.05, 3.63) is 0 Å². The van der Waals surface area contributed by atoms with Crippen LogP contribution in [0.15, 0.2) is 0 Å². The van der Waals surface area contributed by atoms with Gasteiger partial charge in [0, 0.05) is 5.97 Å². The fourth-order valence-corrected chi connectivity index (χ4v) is 4.75. The largest absolute Gasteiger partial charge is 0.550 e. The van der Waals surface area contributed by atoms with Gasteiger partial charge in [0.05, 0.1) is 19.6 Å². The molecule has 0 aromatic heterocycles. The second-order valence-corrected chi connectivity index (χ2v) is 10.8. The molecule has 3 heteroatoms. The number of unbranched alkanes of at least 4 members (excludes halogenated alkanes) is 21. The first-order valence-corrected chi connectivity index (χ1v) is 16.2. The van der Waals surface area contributed by atoms with Gasteiger partial charge in [0.15, 0.2) is 0 Å². The zero-order valence-electron chi connectivity index (χ0n) is 24.9. The van der Waals surface area contributed by atoms with Crippen molar-refractivity contribution in [3.8, 4) is 0 Å². The Bertz CT molecular complexity index is 382. The lowest BCUT2D eigenvalue weighted by molar-refractivity contribution is -0.896. The third-order valence-electron chi connectivity index (χ3n) is 7.37. The second-order valence-electron chi connectivity index (χ2n) is 10.8. The van der Waals surface area contributed by atoms with Crippen LogP contribution in [0, 0.1) is 0 Å². The first-order valence-electron chi connectivity index (χ1n) is 16.2. The maximum absolute atomic E-state index is 10.2. The molecule has 35 heavy (non-hydrogen) atoms. The minimum Gasteiger partial charge on any atom is -0.550 e. The quantitative estimate of drug-likeness (QED) is 0.117. The summed E-state index contributed by atoms with van der Waals surface area (Å²) in [6, 6.07) is 0. The number of carboxylic acids is 1. The number of hydrogen-bond donors (Lipinski definition) is 1. The molecular formula is C32H67NO2. The van der Waals surface area contributed by atoms with Gasteiger partial charge in [0.25, 0.3) is 0 Å². The zero-order valence-corrected chi connectivity index (χ0v) is 24.9. The number of carbonyl (C=O) groups excluding carboxylic acids is 1. The molecule has 0 saturated heterocycles. The molecule has 0 spiro atoms. The molecule has 0 heterocycles. The number of hydrogen-bond acceptors (Lipinski definition) is 2. The van der Waals surface area contributed by atoms with Crippen molar-refractivity contribution in [1.82, 2.24) is 0 Å². The lowest BCUT2D eigenvalue weighted by atomic mass is 10.0. The fraction of sp³-hybridized carbons (Fsp3) is 0.969. The van der Waals surface area contributed by atoms with Crippen LogP contribution in [0.1, 0.15) is 182 Å². The van der Waals surface area contributed by atoms with E-state index in [2.05, 4.69) is 27.7 Å². The zero-order chi connectivity index (χ0) is 26.2. The SMILES string of the molecule is CCCCCCCCCCCCCCCCCC(=O)[O-].CCCCCCCCCC[NH+](CC)CC. The highest BCUT2D eigenvalue weighted by molar-refractivity contribution is 5.63. The first kappa shape index (κ1) is 36.6. The Morgan fingerprint density at radius 2 is 0.743 bits per heavy atom. The predicted molar refractivity (Wildman–Crippen MR) is 154 cm³/mol. The van der Waals surface area contributed by atoms with Gasteiger partial charge in [-0.3, -0.25) is 0 Å². The normalized spacial score (nSPS) is 11.0. The minimum atomic E-state index is -0.903. The minimum absolute atomic E-state index is 0.234. The number of rotatable bonds is 27. The highest BCUT2D eigenvalue weighted by Crippen LogP contribution is 2.13. The standard InChI is InChI=1S/C18H36O2.C14H31N/c1-2-3-4-5-6-7-8-9-10-11-12-13-14-15-16-17-18(19)20;1-4-7-8-9-10-11-12-13-14-15(5-2)6-3/h2-17H2,1H3,(H,19,20);4-14H2,1-3H3. The molecule has 0 radical (unpaired) electrons. The molecule has 0 bridgehead atoms. The third kappa shape index (κ3) is 35.7. The highest BCUT2D eigenvalue weighted by Gasteiger charge is 2.01. The van der Waals surface area contributed by atoms with Crippen LogP contribution in [-0.2, 0) is 4.79 Å². The van der Waals surface area contributed by atoms with E-state index in [0.717, 1.165) is 12.8 Å². The van der Waals surface area contributed by atoms with Gasteiger partial charge in [-0.1, -0.05) is 142 Å². The van der Waals surface area contributed by atoms with Gasteiger partial charge in [0.1, 0.15) is 0 Å². The summed E-state index contributed by atoms with van der Waals surface area (Å²) in [6.07, 6.45) is 31.4. The van der Waals surface area contributed by atoms with E-state index in [1.54, 1.807) is 4.90 Å². The van der Waals surface area contributed by atoms with Gasteiger partial charge in [0.2, 0.25) is 0 Å². The van der Waals surface area contributed by atoms with Crippen LogP contribution in [-0.4, -0.2) is 25.6 Å². The van der Waals surface area contributed by atoms with Crippen molar-refractivity contribution in [1.29, 1.82) is 0 Å². The molecule has 0 fully saturated rings. The monoisotopic (exact) mass is 498 g/mol. The summed E-state index contributed by atoms with van der Waals surface area (Å²) < 4.78 is 0. The number of aliphatic carboxylic acids is 1. The average molecular weight is 498 g/mol. The summed E-state index contributed by atoms with van der Waals surface area (Å²) in [4.78, 5) is 12.0. The Morgan fingerprint density at radius 3 is 1.03 bits per heavy atom. The maximum atomic E-state index is 10.2. The van der Waals surface area contributed by atoms with Crippen molar-refractivity contribution in [2.24, 2.45) is 0 Å². The highest BCUT2D eigenvalue weighted by atomic mass is 16.4. The van der Waals surface area contributed by atoms with Crippen LogP contribution in [0.4, 0.5) is 0 Å². The number of nitrogens with one attached hydrogen (secondary N) is 1. The molecule has 0 amide bonds. The van der Waals surface area contributed by atoms with Crippen LogP contribution >= 0.6 is 0 Å². The molecule has 1 N–H and O–H groups in total. The first-order chi connectivity index (χ1) is 17.1. The van der Waals surface area contributed by atoms with Gasteiger partial charge >= 0.3 is 0 Å². The van der Waals surface area contributed by atoms with Crippen molar-refractivity contribution >= 4 is 5.97 Å². The topological polar surface area (TPSA) is 44.6 Å². The molecule has 0 unspecified atom stereocenters. The van der Waals surface area contributed by atoms with E-state index in [1.807, 2.05) is 0 Å². The molecule has 0 rings (SSSR count). The van der Waals surface area contributed by atoms with Gasteiger partial charge in [-0.25, -0.2) is 0 Å². The Morgan fingerprint density at radius 1 is 0.457 bits per heavy atom. The molecule has 0 aromatic carbocycles. The summed E-state index contributed by atoms with van der Waals surface area (Å²) in [5.74, 6) is -0.903. The van der Waals surface area contributed by atoms with Crippen LogP contribution in [0.3, 0.4) is 0 Å². The molecule has 0 aliphatic heterocycles. The van der Waals surface area contributed by atoms with E-state index in [4.69, 9.17) is 0 Å². The maximum Gasteiger partial charge on any atom is 0.0770 e. The van der Waals surface area contributed by atoms with E-state index >= 15 is 0 Å². The van der Waals surface area contributed by atoms with Crippen LogP contribution in [0.2, 0.25) is 0 Å². The molecular weight excluding hydrogens is 430 g/mol. The van der Waals surface area contributed by atoms with E-state index in [0.29, 0.717) is 0 Å². The number of carbonyl (C=O) groups is 1. The second kappa shape index (κ2) is 33.4. The summed E-state index contributed by atoms with van der Waals surface area (Å²) in [6.45, 7) is 13.1. The van der Waals surface area contributed by atoms with E-state index in [9.17, 15) is 9.90 Å². The Labute approximate surface area is 222 Å². The smallest absolute Gasteiger partial charge is 0.0770 e. The molecule has 0 aliphatic rings. The molecule has 3 nitrogen and oxygen atoms in total. The Balaban J connectivity index is 0. The van der Waals surface area contributed by atoms with Crippen LogP contribution < -0.4 is 10.0 Å². The van der Waals surface area contributed by atoms with E-state index in [-0.39, 0.29) is 6.42 Å². The summed E-state index contributed by atoms with van der Waals surface area (Å²) >= 11 is 0. The predicted octanol–water partition coefficient (Wildman–Crippen LogP) is 8.05. The summed E-state index contributed by atoms with van der Waals surface area (Å²) in [5, 5.41) is 10.2. The van der Waals surface area contributed by atoms with Gasteiger partial charge in [-0.05, 0) is 39.5 Å². The number of carboxylic acid groups (broad SMARTS) is 1. The van der Waals surface area contributed by atoms with E-state index < -0.39 is 5.97 Å². The van der Waals surface area contributed by atoms with Crippen molar-refractivity contribution in [2.45, 2.75) is 182 Å². The van der Waals surface area contributed by atoms with Gasteiger partial charge in [-0.15, -0.1) is 0 Å². The lowest BCUT2D eigenvalue weighted by Gasteiger charge is -2.14. The lowest BCUT2D eigenvalue weighted by Crippen LogP contribution is -3.11. The molecule has 212 valence electrons. The van der Waals surface area contributed by atoms with Crippen LogP contribution in [0.25, 0.3) is 0 Å². The van der Waals surface area contributed by atoms with Gasteiger partial charge in [-0.2, -0.15) is 0 Å². The molecule has 0 saturated carbocycles.